The summed E-state index contributed by atoms with van der Waals surface area (Å²) in [6.07, 6.45) is 4.59. The van der Waals surface area contributed by atoms with E-state index in [2.05, 4.69) is 15.0 Å². The fourth-order valence-electron chi connectivity index (χ4n) is 1.77. The molecule has 0 amide bonds. The molecule has 1 fully saturated rings. The number of esters is 1. The van der Waals surface area contributed by atoms with E-state index in [1.807, 2.05) is 4.90 Å². The van der Waals surface area contributed by atoms with Gasteiger partial charge in [0.2, 0.25) is 5.95 Å². The van der Waals surface area contributed by atoms with Crippen molar-refractivity contribution in [3.05, 3.63) is 12.7 Å². The summed E-state index contributed by atoms with van der Waals surface area (Å²) in [6.45, 7) is 0.782. The Labute approximate surface area is 87.3 Å². The maximum absolute atomic E-state index is 11.5. The lowest BCUT2D eigenvalue weighted by Gasteiger charge is -2.21. The average molecular weight is 208 g/mol. The lowest BCUT2D eigenvalue weighted by atomic mass is 10.2. The third kappa shape index (κ3) is 1.88. The number of hydrogen-bond acceptors (Lipinski definition) is 6. The first-order valence-corrected chi connectivity index (χ1v) is 4.79. The fraction of sp³-hybridized carbons (Fsp3) is 0.556. The first kappa shape index (κ1) is 9.82. The number of hydrogen-bond donors (Lipinski definition) is 0. The molecule has 0 saturated carbocycles. The van der Waals surface area contributed by atoms with Crippen molar-refractivity contribution in [3.63, 3.8) is 0 Å². The molecule has 0 bridgehead atoms. The third-order valence-electron chi connectivity index (χ3n) is 2.46. The van der Waals surface area contributed by atoms with Gasteiger partial charge in [-0.15, -0.1) is 0 Å². The van der Waals surface area contributed by atoms with Crippen LogP contribution in [0.15, 0.2) is 12.7 Å². The zero-order valence-electron chi connectivity index (χ0n) is 8.46. The van der Waals surface area contributed by atoms with Gasteiger partial charge < -0.3 is 9.64 Å². The monoisotopic (exact) mass is 208 g/mol. The zero-order chi connectivity index (χ0) is 10.7. The predicted molar refractivity (Wildman–Crippen MR) is 52.2 cm³/mol. The molecule has 0 spiro atoms. The summed E-state index contributed by atoms with van der Waals surface area (Å²) >= 11 is 0. The fourth-order valence-corrected chi connectivity index (χ4v) is 1.77. The Bertz CT molecular complexity index is 343. The molecule has 15 heavy (non-hydrogen) atoms. The average Bonchev–Trinajstić information content (AvgIpc) is 2.78. The Morgan fingerprint density at radius 1 is 1.53 bits per heavy atom. The molecule has 1 aromatic heterocycles. The van der Waals surface area contributed by atoms with Gasteiger partial charge in [-0.25, -0.2) is 19.7 Å². The van der Waals surface area contributed by atoms with Crippen molar-refractivity contribution >= 4 is 11.9 Å². The highest BCUT2D eigenvalue weighted by Gasteiger charge is 2.32. The van der Waals surface area contributed by atoms with Crippen molar-refractivity contribution < 1.29 is 9.53 Å². The summed E-state index contributed by atoms with van der Waals surface area (Å²) in [5.41, 5.74) is 0. The minimum atomic E-state index is -0.252. The second-order valence-electron chi connectivity index (χ2n) is 3.31. The van der Waals surface area contributed by atoms with Crippen LogP contribution in [0.5, 0.6) is 0 Å². The van der Waals surface area contributed by atoms with E-state index in [0.717, 1.165) is 19.4 Å². The molecule has 1 aromatic rings. The molecular weight excluding hydrogens is 196 g/mol. The Morgan fingerprint density at radius 3 is 2.93 bits per heavy atom. The van der Waals surface area contributed by atoms with Gasteiger partial charge in [0, 0.05) is 6.54 Å². The van der Waals surface area contributed by atoms with Crippen LogP contribution in [0.25, 0.3) is 0 Å². The molecule has 1 aliphatic heterocycles. The number of rotatable bonds is 2. The highest BCUT2D eigenvalue weighted by Crippen LogP contribution is 2.22. The van der Waals surface area contributed by atoms with Crippen molar-refractivity contribution in [3.8, 4) is 0 Å². The number of anilines is 1. The third-order valence-corrected chi connectivity index (χ3v) is 2.46. The Morgan fingerprint density at radius 2 is 2.27 bits per heavy atom. The number of aromatic nitrogens is 3. The topological polar surface area (TPSA) is 68.2 Å². The summed E-state index contributed by atoms with van der Waals surface area (Å²) in [4.78, 5) is 25.1. The molecular formula is C9H12N4O2. The predicted octanol–water partition coefficient (Wildman–Crippen LogP) is 0.0134. The maximum Gasteiger partial charge on any atom is 0.328 e. The van der Waals surface area contributed by atoms with Crippen molar-refractivity contribution in [1.82, 2.24) is 15.0 Å². The largest absolute Gasteiger partial charge is 0.467 e. The molecule has 6 nitrogen and oxygen atoms in total. The lowest BCUT2D eigenvalue weighted by Crippen LogP contribution is -2.37. The van der Waals surface area contributed by atoms with Crippen LogP contribution in [0.2, 0.25) is 0 Å². The standard InChI is InChI=1S/C9H12N4O2/c1-15-8(14)7-3-2-4-13(7)9-11-5-10-6-12-9/h5-7H,2-4H2,1H3/t7-/m1/s1. The van der Waals surface area contributed by atoms with E-state index >= 15 is 0 Å². The molecule has 1 aliphatic rings. The minimum absolute atomic E-state index is 0.229. The van der Waals surface area contributed by atoms with Crippen LogP contribution < -0.4 is 4.90 Å². The first-order chi connectivity index (χ1) is 7.33. The van der Waals surface area contributed by atoms with Crippen molar-refractivity contribution in [2.75, 3.05) is 18.6 Å². The van der Waals surface area contributed by atoms with Crippen LogP contribution in [-0.4, -0.2) is 40.6 Å². The van der Waals surface area contributed by atoms with Gasteiger partial charge in [-0.2, -0.15) is 0 Å². The molecule has 0 N–H and O–H groups in total. The van der Waals surface area contributed by atoms with E-state index < -0.39 is 0 Å². The summed E-state index contributed by atoms with van der Waals surface area (Å²) in [7, 11) is 1.40. The Balaban J connectivity index is 2.18. The summed E-state index contributed by atoms with van der Waals surface area (Å²) in [5.74, 6) is 0.311. The summed E-state index contributed by atoms with van der Waals surface area (Å²) in [6, 6.07) is -0.252. The van der Waals surface area contributed by atoms with Gasteiger partial charge in [-0.3, -0.25) is 0 Å². The molecule has 2 rings (SSSR count). The van der Waals surface area contributed by atoms with Gasteiger partial charge >= 0.3 is 5.97 Å². The number of nitrogens with zero attached hydrogens (tertiary/aromatic N) is 4. The summed E-state index contributed by atoms with van der Waals surface area (Å²) < 4.78 is 4.73. The Hall–Kier alpha value is -1.72. The quantitative estimate of drug-likeness (QED) is 0.638. The number of carbonyl (C=O) groups is 1. The summed E-state index contributed by atoms with van der Waals surface area (Å²) in [5, 5.41) is 0. The van der Waals surface area contributed by atoms with E-state index in [-0.39, 0.29) is 12.0 Å². The van der Waals surface area contributed by atoms with Gasteiger partial charge in [0.05, 0.1) is 7.11 Å². The number of ether oxygens (including phenoxy) is 1. The number of carbonyl (C=O) groups excluding carboxylic acids is 1. The molecule has 1 atom stereocenters. The normalized spacial score (nSPS) is 20.3. The molecule has 0 radical (unpaired) electrons. The zero-order valence-corrected chi connectivity index (χ0v) is 8.46. The van der Waals surface area contributed by atoms with Gasteiger partial charge in [0.1, 0.15) is 18.7 Å². The Kier molecular flexibility index (Phi) is 2.75. The molecule has 0 aromatic carbocycles. The highest BCUT2D eigenvalue weighted by molar-refractivity contribution is 5.79. The van der Waals surface area contributed by atoms with Crippen LogP contribution in [0.3, 0.4) is 0 Å². The molecule has 1 saturated heterocycles. The molecule has 0 unspecified atom stereocenters. The van der Waals surface area contributed by atoms with E-state index in [0.29, 0.717) is 5.95 Å². The van der Waals surface area contributed by atoms with Crippen molar-refractivity contribution in [2.45, 2.75) is 18.9 Å². The minimum Gasteiger partial charge on any atom is -0.467 e. The van der Waals surface area contributed by atoms with E-state index in [9.17, 15) is 4.79 Å². The molecule has 0 aliphatic carbocycles. The number of methoxy groups -OCH3 is 1. The van der Waals surface area contributed by atoms with Crippen molar-refractivity contribution in [1.29, 1.82) is 0 Å². The van der Waals surface area contributed by atoms with Crippen LogP contribution >= 0.6 is 0 Å². The molecule has 2 heterocycles. The smallest absolute Gasteiger partial charge is 0.328 e. The van der Waals surface area contributed by atoms with Gasteiger partial charge in [-0.05, 0) is 12.8 Å². The van der Waals surface area contributed by atoms with Crippen molar-refractivity contribution in [2.24, 2.45) is 0 Å². The van der Waals surface area contributed by atoms with Gasteiger partial charge in [0.15, 0.2) is 0 Å². The second kappa shape index (κ2) is 4.20. The van der Waals surface area contributed by atoms with Gasteiger partial charge in [0.25, 0.3) is 0 Å². The van der Waals surface area contributed by atoms with Crippen LogP contribution in [0.4, 0.5) is 5.95 Å². The van der Waals surface area contributed by atoms with E-state index in [1.54, 1.807) is 0 Å². The van der Waals surface area contributed by atoms with E-state index in [4.69, 9.17) is 4.74 Å². The maximum atomic E-state index is 11.5. The highest BCUT2D eigenvalue weighted by atomic mass is 16.5. The van der Waals surface area contributed by atoms with Crippen LogP contribution in [0, 0.1) is 0 Å². The van der Waals surface area contributed by atoms with Crippen LogP contribution in [0.1, 0.15) is 12.8 Å². The second-order valence-corrected chi connectivity index (χ2v) is 3.31. The van der Waals surface area contributed by atoms with Crippen LogP contribution in [-0.2, 0) is 9.53 Å². The lowest BCUT2D eigenvalue weighted by molar-refractivity contribution is -0.141. The molecule has 6 heteroatoms. The van der Waals surface area contributed by atoms with Gasteiger partial charge in [-0.1, -0.05) is 0 Å². The first-order valence-electron chi connectivity index (χ1n) is 4.79. The van der Waals surface area contributed by atoms with E-state index in [1.165, 1.54) is 19.8 Å². The molecule has 80 valence electrons. The SMILES string of the molecule is COC(=O)[C@H]1CCCN1c1ncncn1.